The van der Waals surface area contributed by atoms with Crippen molar-refractivity contribution < 1.29 is 0 Å². The van der Waals surface area contributed by atoms with Gasteiger partial charge in [0.2, 0.25) is 0 Å². The quantitative estimate of drug-likeness (QED) is 0.387. The average Bonchev–Trinajstić information content (AvgIpc) is 0. The molecule has 0 rings (SSSR count). The molecule has 0 unspecified atom stereocenters. The van der Waals surface area contributed by atoms with Crippen LogP contribution in [0.5, 0.6) is 0 Å². The van der Waals surface area contributed by atoms with Gasteiger partial charge >= 0.3 is 70.1 Å². The third-order valence-corrected chi connectivity index (χ3v) is 0. The van der Waals surface area contributed by atoms with Crippen LogP contribution in [0.1, 0.15) is 0 Å². The molecule has 0 bridgehead atoms. The van der Waals surface area contributed by atoms with Crippen LogP contribution in [-0.2, 0) is 0 Å². The molecule has 0 spiro atoms. The SMILES string of the molecule is [AlH3].[GaH3].[InH3].[SbH3]. The Balaban J connectivity index is 0. The van der Waals surface area contributed by atoms with E-state index in [0.717, 1.165) is 0 Å². The molecule has 0 nitrogen and oxygen atoms in total. The molecule has 4 heteroatoms. The van der Waals surface area contributed by atoms with Gasteiger partial charge in [0.15, 0.2) is 17.4 Å². The number of hydrogen-bond donors (Lipinski definition) is 0. The predicted molar refractivity (Wildman–Crippen MR) is 39.8 cm³/mol. The van der Waals surface area contributed by atoms with E-state index in [4.69, 9.17) is 0 Å². The zero-order valence-electron chi connectivity index (χ0n) is 0.707. The van der Waals surface area contributed by atoms with E-state index in [2.05, 4.69) is 0 Å². The molecule has 0 atom stereocenters. The third kappa shape index (κ3) is 8.85. The Labute approximate surface area is 85.9 Å². The van der Waals surface area contributed by atoms with E-state index < -0.39 is 0 Å². The molecule has 0 N–H and O–H groups in total. The second kappa shape index (κ2) is 16.9. The van der Waals surface area contributed by atoms with Gasteiger partial charge in [-0.1, -0.05) is 0 Å². The molecular weight excluding hydrogens is 333 g/mol. The van der Waals surface area contributed by atoms with Crippen molar-refractivity contribution in [3.05, 3.63) is 0 Å². The Kier molecular flexibility index (Phi) is 122. The normalized spacial score (nSPS) is 0. The van der Waals surface area contributed by atoms with Crippen molar-refractivity contribution in [3.8, 4) is 0 Å². The van der Waals surface area contributed by atoms with Crippen LogP contribution in [0.25, 0.3) is 0 Å². The van der Waals surface area contributed by atoms with Gasteiger partial charge in [0, 0.05) is 0 Å². The van der Waals surface area contributed by atoms with Crippen LogP contribution in [0.4, 0.5) is 0 Å². The van der Waals surface area contributed by atoms with Gasteiger partial charge in [-0.3, -0.25) is 0 Å². The summed E-state index contributed by atoms with van der Waals surface area (Å²) in [5.41, 5.74) is 0. The monoisotopic (exact) mass is 344 g/mol. The molecule has 0 aromatic heterocycles. The van der Waals surface area contributed by atoms with Gasteiger partial charge < -0.3 is 0 Å². The summed E-state index contributed by atoms with van der Waals surface area (Å²) in [7, 11) is 0. The summed E-state index contributed by atoms with van der Waals surface area (Å²) in [4.78, 5) is 0. The minimum atomic E-state index is 0. The van der Waals surface area contributed by atoms with E-state index >= 15 is 0 Å². The first-order chi connectivity index (χ1) is 0. The molecule has 0 amide bonds. The fourth-order valence-corrected chi connectivity index (χ4v) is 0. The van der Waals surface area contributed by atoms with Crippen molar-refractivity contribution in [2.45, 2.75) is 0 Å². The first kappa shape index (κ1) is 28.8. The van der Waals surface area contributed by atoms with Crippen molar-refractivity contribution in [2.75, 3.05) is 0 Å². The third-order valence-electron chi connectivity index (χ3n) is 0. The van der Waals surface area contributed by atoms with Crippen molar-refractivity contribution in [1.82, 2.24) is 0 Å². The second-order valence-electron chi connectivity index (χ2n) is 0. The molecule has 0 saturated heterocycles. The van der Waals surface area contributed by atoms with Gasteiger partial charge in [-0.2, -0.15) is 0 Å². The van der Waals surface area contributed by atoms with E-state index in [1.165, 1.54) is 0 Å². The van der Waals surface area contributed by atoms with E-state index in [1.807, 2.05) is 0 Å². The first-order valence-electron chi connectivity index (χ1n) is 0. The Morgan fingerprint density at radius 3 is 1.00 bits per heavy atom. The molecule has 4 heavy (non-hydrogen) atoms. The van der Waals surface area contributed by atoms with Crippen LogP contribution < -0.4 is 0 Å². The van der Waals surface area contributed by atoms with Crippen LogP contribution in [0.2, 0.25) is 0 Å². The van der Waals surface area contributed by atoms with Gasteiger partial charge in [0.1, 0.15) is 0 Å². The van der Waals surface area contributed by atoms with Gasteiger partial charge in [-0.05, 0) is 0 Å². The molecule has 0 aliphatic carbocycles. The fourth-order valence-electron chi connectivity index (χ4n) is 0. The molecule has 0 aromatic carbocycles. The van der Waals surface area contributed by atoms with Crippen molar-refractivity contribution >= 4 is 87.4 Å². The summed E-state index contributed by atoms with van der Waals surface area (Å²) in [5, 5.41) is 0. The zero-order valence-corrected chi connectivity index (χ0v) is 4.74. The summed E-state index contributed by atoms with van der Waals surface area (Å²) in [6.45, 7) is 0. The van der Waals surface area contributed by atoms with Gasteiger partial charge in [-0.25, -0.2) is 0 Å². The van der Waals surface area contributed by atoms with Crippen molar-refractivity contribution in [2.24, 2.45) is 0 Å². The summed E-state index contributed by atoms with van der Waals surface area (Å²) in [5.74, 6) is 0. The van der Waals surface area contributed by atoms with Gasteiger partial charge in [0.25, 0.3) is 0 Å². The van der Waals surface area contributed by atoms with Crippen molar-refractivity contribution in [3.63, 3.8) is 0 Å². The number of rotatable bonds is 0. The minimum absolute atomic E-state index is 0. The molecule has 0 radical (unpaired) electrons. The Morgan fingerprint density at radius 2 is 1.00 bits per heavy atom. The summed E-state index contributed by atoms with van der Waals surface area (Å²) in [6.07, 6.45) is 0. The molecule has 0 saturated carbocycles. The molecule has 0 heterocycles. The van der Waals surface area contributed by atoms with Gasteiger partial charge in [-0.15, -0.1) is 0 Å². The Hall–Kier alpha value is 2.86. The van der Waals surface area contributed by atoms with Crippen molar-refractivity contribution in [1.29, 1.82) is 0 Å². The standard InChI is InChI=1S/Al.Ga.In.Sb.12H. The van der Waals surface area contributed by atoms with Crippen LogP contribution in [0, 0.1) is 0 Å². The second-order valence-corrected chi connectivity index (χ2v) is 0. The summed E-state index contributed by atoms with van der Waals surface area (Å²) >= 11 is 0. The molecule has 26 valence electrons. The molecule has 0 fully saturated rings. The molecule has 0 aliphatic heterocycles. The van der Waals surface area contributed by atoms with Gasteiger partial charge in [0.05, 0.1) is 0 Å². The fraction of sp³-hybridized carbons (Fsp3) is 0. The molecular formula is H12AlGaInSb. The maximum atomic E-state index is 0. The van der Waals surface area contributed by atoms with Crippen LogP contribution in [-0.4, -0.2) is 87.4 Å². The maximum absolute atomic E-state index is 0. The zero-order chi connectivity index (χ0) is 0. The summed E-state index contributed by atoms with van der Waals surface area (Å²) in [6, 6.07) is 0. The Bertz CT molecular complexity index is 8.00. The van der Waals surface area contributed by atoms with E-state index in [9.17, 15) is 0 Å². The van der Waals surface area contributed by atoms with E-state index in [0.29, 0.717) is 0 Å². The molecule has 0 aliphatic rings. The Morgan fingerprint density at radius 1 is 1.00 bits per heavy atom. The topological polar surface area (TPSA) is 0 Å². The van der Waals surface area contributed by atoms with Crippen LogP contribution >= 0.6 is 0 Å². The van der Waals surface area contributed by atoms with Crippen LogP contribution in [0.3, 0.4) is 0 Å². The average molecular weight is 345 g/mol. The van der Waals surface area contributed by atoms with Crippen LogP contribution in [0.15, 0.2) is 0 Å². The molecule has 0 aromatic rings. The predicted octanol–water partition coefficient (Wildman–Crippen LogP) is -4.74. The first-order valence-corrected chi connectivity index (χ1v) is 0. The van der Waals surface area contributed by atoms with E-state index in [-0.39, 0.29) is 87.4 Å². The summed E-state index contributed by atoms with van der Waals surface area (Å²) < 4.78 is 0. The number of hydrogen-bond acceptors (Lipinski definition) is 0. The van der Waals surface area contributed by atoms with E-state index in [1.54, 1.807) is 0 Å².